The first-order valence-electron chi connectivity index (χ1n) is 7.92. The lowest BCUT2D eigenvalue weighted by molar-refractivity contribution is -0.131. The zero-order valence-electron chi connectivity index (χ0n) is 13.4. The molecule has 6 nitrogen and oxygen atoms in total. The number of piperidine rings is 1. The topological polar surface area (TPSA) is 74.8 Å². The molecule has 0 radical (unpaired) electrons. The molecule has 0 aromatic carbocycles. The molecule has 7 heteroatoms. The summed E-state index contributed by atoms with van der Waals surface area (Å²) in [4.78, 5) is 23.1. The molecule has 1 fully saturated rings. The number of pyridine rings is 1. The summed E-state index contributed by atoms with van der Waals surface area (Å²) >= 11 is 1.39. The average molecular weight is 331 g/mol. The van der Waals surface area contributed by atoms with E-state index in [1.165, 1.54) is 11.8 Å². The maximum absolute atomic E-state index is 12.5. The van der Waals surface area contributed by atoms with Gasteiger partial charge >= 0.3 is 0 Å². The van der Waals surface area contributed by atoms with Crippen LogP contribution in [0.4, 0.5) is 0 Å². The van der Waals surface area contributed by atoms with Gasteiger partial charge in [0, 0.05) is 19.3 Å². The van der Waals surface area contributed by atoms with Crippen LogP contribution in [0, 0.1) is 5.92 Å². The molecule has 23 heavy (non-hydrogen) atoms. The van der Waals surface area contributed by atoms with Crippen LogP contribution in [-0.2, 0) is 4.79 Å². The Hall–Kier alpha value is -1.89. The van der Waals surface area contributed by atoms with Gasteiger partial charge in [-0.3, -0.25) is 14.9 Å². The first-order valence-corrected chi connectivity index (χ1v) is 8.80. The first kappa shape index (κ1) is 16.0. The molecule has 2 aromatic heterocycles. The van der Waals surface area contributed by atoms with E-state index in [-0.39, 0.29) is 11.2 Å². The molecule has 1 aliphatic rings. The molecule has 0 bridgehead atoms. The standard InChI is InChI=1S/C16H21N5OS/c1-11-6-9-21(10-7-11)15(22)12(2)23-16-18-14(19-20-16)13-5-3-4-8-17-13/h3-5,8,11-12H,6-7,9-10H2,1-2H3,(H,18,19,20)/t12-/m0/s1. The molecule has 0 unspecified atom stereocenters. The largest absolute Gasteiger partial charge is 0.342 e. The van der Waals surface area contributed by atoms with Gasteiger partial charge in [0.1, 0.15) is 5.69 Å². The van der Waals surface area contributed by atoms with Crippen LogP contribution in [0.5, 0.6) is 0 Å². The number of carbonyl (C=O) groups excluding carboxylic acids is 1. The molecule has 1 atom stereocenters. The van der Waals surface area contributed by atoms with Gasteiger partial charge in [0.15, 0.2) is 5.82 Å². The van der Waals surface area contributed by atoms with Crippen molar-refractivity contribution in [1.29, 1.82) is 0 Å². The van der Waals surface area contributed by atoms with E-state index in [0.29, 0.717) is 11.0 Å². The second-order valence-electron chi connectivity index (χ2n) is 5.95. The van der Waals surface area contributed by atoms with E-state index >= 15 is 0 Å². The molecule has 1 amide bonds. The highest BCUT2D eigenvalue weighted by atomic mass is 32.2. The van der Waals surface area contributed by atoms with Crippen molar-refractivity contribution in [3.05, 3.63) is 24.4 Å². The fraction of sp³-hybridized carbons (Fsp3) is 0.500. The van der Waals surface area contributed by atoms with Crippen molar-refractivity contribution in [2.24, 2.45) is 5.92 Å². The second kappa shape index (κ2) is 7.12. The molecule has 2 aromatic rings. The lowest BCUT2D eigenvalue weighted by atomic mass is 9.99. The summed E-state index contributed by atoms with van der Waals surface area (Å²) in [5.41, 5.74) is 0.746. The number of hydrogen-bond donors (Lipinski definition) is 1. The smallest absolute Gasteiger partial charge is 0.235 e. The van der Waals surface area contributed by atoms with Crippen LogP contribution in [0.15, 0.2) is 29.6 Å². The van der Waals surface area contributed by atoms with Gasteiger partial charge < -0.3 is 4.90 Å². The van der Waals surface area contributed by atoms with Crippen molar-refractivity contribution >= 4 is 17.7 Å². The number of H-pyrrole nitrogens is 1. The third-order valence-electron chi connectivity index (χ3n) is 4.10. The van der Waals surface area contributed by atoms with Crippen LogP contribution in [0.2, 0.25) is 0 Å². The Morgan fingerprint density at radius 2 is 2.17 bits per heavy atom. The number of nitrogens with zero attached hydrogens (tertiary/aromatic N) is 4. The Balaban J connectivity index is 1.61. The highest BCUT2D eigenvalue weighted by Crippen LogP contribution is 2.25. The number of thioether (sulfide) groups is 1. The number of hydrogen-bond acceptors (Lipinski definition) is 5. The number of nitrogens with one attached hydrogen (secondary N) is 1. The number of rotatable bonds is 4. The van der Waals surface area contributed by atoms with Crippen LogP contribution < -0.4 is 0 Å². The molecule has 1 aliphatic heterocycles. The predicted octanol–water partition coefficient (Wildman–Crippen LogP) is 2.61. The lowest BCUT2D eigenvalue weighted by Gasteiger charge is -2.31. The van der Waals surface area contributed by atoms with E-state index in [2.05, 4.69) is 27.1 Å². The van der Waals surface area contributed by atoms with Gasteiger partial charge in [-0.2, -0.15) is 4.98 Å². The monoisotopic (exact) mass is 331 g/mol. The third-order valence-corrected chi connectivity index (χ3v) is 5.05. The number of amides is 1. The molecular weight excluding hydrogens is 310 g/mol. The van der Waals surface area contributed by atoms with E-state index < -0.39 is 0 Å². The van der Waals surface area contributed by atoms with Crippen molar-refractivity contribution in [2.75, 3.05) is 13.1 Å². The minimum atomic E-state index is -0.184. The van der Waals surface area contributed by atoms with Gasteiger partial charge in [0.25, 0.3) is 0 Å². The van der Waals surface area contributed by atoms with Crippen molar-refractivity contribution in [3.8, 4) is 11.5 Å². The molecular formula is C16H21N5OS. The number of aromatic nitrogens is 4. The minimum Gasteiger partial charge on any atom is -0.342 e. The second-order valence-corrected chi connectivity index (χ2v) is 7.26. The van der Waals surface area contributed by atoms with Crippen LogP contribution in [0.25, 0.3) is 11.5 Å². The zero-order chi connectivity index (χ0) is 16.2. The average Bonchev–Trinajstić information content (AvgIpc) is 3.04. The van der Waals surface area contributed by atoms with Crippen molar-refractivity contribution in [1.82, 2.24) is 25.1 Å². The van der Waals surface area contributed by atoms with Gasteiger partial charge in [0.2, 0.25) is 11.1 Å². The quantitative estimate of drug-likeness (QED) is 0.872. The molecule has 0 aliphatic carbocycles. The normalized spacial score (nSPS) is 17.2. The molecule has 0 spiro atoms. The summed E-state index contributed by atoms with van der Waals surface area (Å²) < 4.78 is 0. The summed E-state index contributed by atoms with van der Waals surface area (Å²) in [5, 5.41) is 7.47. The molecule has 1 N–H and O–H groups in total. The Morgan fingerprint density at radius 1 is 1.39 bits per heavy atom. The van der Waals surface area contributed by atoms with Crippen LogP contribution in [-0.4, -0.2) is 49.3 Å². The highest BCUT2D eigenvalue weighted by molar-refractivity contribution is 8.00. The number of aromatic amines is 1. The highest BCUT2D eigenvalue weighted by Gasteiger charge is 2.26. The van der Waals surface area contributed by atoms with E-state index in [0.717, 1.165) is 37.5 Å². The predicted molar refractivity (Wildman–Crippen MR) is 89.9 cm³/mol. The Labute approximate surface area is 140 Å². The third kappa shape index (κ3) is 3.90. The molecule has 0 saturated carbocycles. The first-order chi connectivity index (χ1) is 11.1. The van der Waals surface area contributed by atoms with E-state index in [9.17, 15) is 4.79 Å². The fourth-order valence-corrected chi connectivity index (χ4v) is 3.42. The van der Waals surface area contributed by atoms with Gasteiger partial charge in [0.05, 0.1) is 5.25 Å². The SMILES string of the molecule is CC1CCN(C(=O)[C@H](C)Sc2n[nH]c(-c3ccccn3)n2)CC1. The van der Waals surface area contributed by atoms with Crippen molar-refractivity contribution in [3.63, 3.8) is 0 Å². The van der Waals surface area contributed by atoms with Gasteiger partial charge in [-0.1, -0.05) is 24.8 Å². The zero-order valence-corrected chi connectivity index (χ0v) is 14.2. The number of likely N-dealkylation sites (tertiary alicyclic amines) is 1. The fourth-order valence-electron chi connectivity index (χ4n) is 2.61. The summed E-state index contributed by atoms with van der Waals surface area (Å²) in [7, 11) is 0. The lowest BCUT2D eigenvalue weighted by Crippen LogP contribution is -2.41. The van der Waals surface area contributed by atoms with Crippen molar-refractivity contribution < 1.29 is 4.79 Å². The van der Waals surface area contributed by atoms with Crippen molar-refractivity contribution in [2.45, 2.75) is 37.1 Å². The van der Waals surface area contributed by atoms with E-state index in [4.69, 9.17) is 0 Å². The van der Waals surface area contributed by atoms with Crippen LogP contribution >= 0.6 is 11.8 Å². The molecule has 3 rings (SSSR count). The summed E-state index contributed by atoms with van der Waals surface area (Å²) in [6.45, 7) is 5.88. The van der Waals surface area contributed by atoms with Gasteiger partial charge in [-0.15, -0.1) is 5.10 Å². The minimum absolute atomic E-state index is 0.172. The van der Waals surface area contributed by atoms with E-state index in [1.54, 1.807) is 6.20 Å². The van der Waals surface area contributed by atoms with E-state index in [1.807, 2.05) is 30.0 Å². The Bertz CT molecular complexity index is 652. The Morgan fingerprint density at radius 3 is 2.87 bits per heavy atom. The maximum atomic E-state index is 12.5. The van der Waals surface area contributed by atoms with Crippen LogP contribution in [0.1, 0.15) is 26.7 Å². The van der Waals surface area contributed by atoms with Crippen LogP contribution in [0.3, 0.4) is 0 Å². The van der Waals surface area contributed by atoms with Gasteiger partial charge in [-0.25, -0.2) is 0 Å². The molecule has 1 saturated heterocycles. The summed E-state index contributed by atoms with van der Waals surface area (Å²) in [5.74, 6) is 1.52. The van der Waals surface area contributed by atoms with Gasteiger partial charge in [-0.05, 0) is 37.8 Å². The number of carbonyl (C=O) groups is 1. The molecule has 3 heterocycles. The Kier molecular flexibility index (Phi) is 4.95. The molecule has 122 valence electrons. The summed E-state index contributed by atoms with van der Waals surface area (Å²) in [6, 6.07) is 5.63. The maximum Gasteiger partial charge on any atom is 0.235 e. The summed E-state index contributed by atoms with van der Waals surface area (Å²) in [6.07, 6.45) is 3.90.